The second-order valence-corrected chi connectivity index (χ2v) is 10.5. The normalized spacial score (nSPS) is 25.0. The minimum atomic E-state index is -0.533. The number of nitrogens with one attached hydrogen (secondary N) is 1. The second-order valence-electron chi connectivity index (χ2n) is 10.5. The first-order valence-corrected chi connectivity index (χ1v) is 11.6. The predicted molar refractivity (Wildman–Crippen MR) is 123 cm³/mol. The highest BCUT2D eigenvalue weighted by Gasteiger charge is 2.50. The van der Waals surface area contributed by atoms with E-state index in [1.165, 1.54) is 0 Å². The van der Waals surface area contributed by atoms with E-state index in [0.29, 0.717) is 24.6 Å². The standard InChI is InChI=1S/C24H31N5O4/c1-16-26-27-19-20(30)28(17-7-5-6-8-18(17)29(16)19)14-13-24-11-9-23(10-12-24,15-32-24)25-21(31)33-22(2,3)4/h5-8H,9-15H2,1-4H3,(H,25,31). The average molecular weight is 454 g/mol. The maximum atomic E-state index is 13.3. The minimum Gasteiger partial charge on any atom is -0.444 e. The van der Waals surface area contributed by atoms with E-state index >= 15 is 0 Å². The molecule has 6 rings (SSSR count). The van der Waals surface area contributed by atoms with Crippen LogP contribution >= 0.6 is 0 Å². The van der Waals surface area contributed by atoms with Gasteiger partial charge in [-0.15, -0.1) is 10.2 Å². The summed E-state index contributed by atoms with van der Waals surface area (Å²) in [6, 6.07) is 7.85. The number of rotatable bonds is 4. The molecule has 4 heterocycles. The zero-order chi connectivity index (χ0) is 23.4. The van der Waals surface area contributed by atoms with Crippen molar-refractivity contribution in [3.8, 4) is 0 Å². The molecule has 1 aromatic carbocycles. The second kappa shape index (κ2) is 7.55. The van der Waals surface area contributed by atoms with Crippen molar-refractivity contribution >= 4 is 22.8 Å². The molecule has 0 radical (unpaired) electrons. The Labute approximate surface area is 192 Å². The van der Waals surface area contributed by atoms with E-state index in [1.54, 1.807) is 4.57 Å². The Morgan fingerprint density at radius 3 is 2.48 bits per heavy atom. The molecule has 0 atom stereocenters. The molecule has 1 N–H and O–H groups in total. The van der Waals surface area contributed by atoms with Crippen molar-refractivity contribution in [2.24, 2.45) is 0 Å². The number of carbonyl (C=O) groups is 1. The number of ether oxygens (including phenoxy) is 2. The van der Waals surface area contributed by atoms with Gasteiger partial charge in [0.25, 0.3) is 5.56 Å². The lowest BCUT2D eigenvalue weighted by Crippen LogP contribution is -2.63. The van der Waals surface area contributed by atoms with Crippen LogP contribution in [0, 0.1) is 6.92 Å². The largest absolute Gasteiger partial charge is 0.444 e. The maximum Gasteiger partial charge on any atom is 0.408 e. The van der Waals surface area contributed by atoms with E-state index in [0.717, 1.165) is 43.1 Å². The summed E-state index contributed by atoms with van der Waals surface area (Å²) in [5.74, 6) is 0.695. The Bertz CT molecular complexity index is 1260. The Hall–Kier alpha value is -2.94. The predicted octanol–water partition coefficient (Wildman–Crippen LogP) is 3.35. The number of aryl methyl sites for hydroxylation is 2. The van der Waals surface area contributed by atoms with Gasteiger partial charge in [-0.2, -0.15) is 0 Å². The average Bonchev–Trinajstić information content (AvgIpc) is 3.16. The fourth-order valence-corrected chi connectivity index (χ4v) is 5.21. The molecular weight excluding hydrogens is 422 g/mol. The number of amides is 1. The van der Waals surface area contributed by atoms with Gasteiger partial charge in [-0.25, -0.2) is 4.79 Å². The number of benzene rings is 1. The first-order chi connectivity index (χ1) is 15.6. The van der Waals surface area contributed by atoms with Gasteiger partial charge in [0.15, 0.2) is 0 Å². The van der Waals surface area contributed by atoms with Crippen LogP contribution < -0.4 is 10.9 Å². The molecule has 2 saturated heterocycles. The summed E-state index contributed by atoms with van der Waals surface area (Å²) in [5.41, 5.74) is 0.798. The Kier molecular flexibility index (Phi) is 5.00. The summed E-state index contributed by atoms with van der Waals surface area (Å²) in [6.07, 6.45) is 3.68. The number of alkyl carbamates (subject to hydrolysis) is 1. The molecule has 3 fully saturated rings. The molecule has 33 heavy (non-hydrogen) atoms. The van der Waals surface area contributed by atoms with E-state index in [9.17, 15) is 9.59 Å². The van der Waals surface area contributed by atoms with Crippen LogP contribution in [0.1, 0.15) is 58.7 Å². The van der Waals surface area contributed by atoms with Gasteiger partial charge in [-0.3, -0.25) is 9.20 Å². The van der Waals surface area contributed by atoms with E-state index in [2.05, 4.69) is 15.5 Å². The first-order valence-electron chi connectivity index (χ1n) is 11.6. The van der Waals surface area contributed by atoms with Crippen LogP contribution in [0.25, 0.3) is 16.7 Å². The third-order valence-corrected chi connectivity index (χ3v) is 7.00. The lowest BCUT2D eigenvalue weighted by Gasteiger charge is -2.53. The van der Waals surface area contributed by atoms with Gasteiger partial charge in [-0.1, -0.05) is 12.1 Å². The van der Waals surface area contributed by atoms with Crippen molar-refractivity contribution in [1.29, 1.82) is 0 Å². The smallest absolute Gasteiger partial charge is 0.408 e. The highest BCUT2D eigenvalue weighted by molar-refractivity contribution is 5.78. The van der Waals surface area contributed by atoms with Gasteiger partial charge in [0.1, 0.15) is 11.4 Å². The van der Waals surface area contributed by atoms with Crippen LogP contribution in [0.5, 0.6) is 0 Å². The maximum absolute atomic E-state index is 13.3. The van der Waals surface area contributed by atoms with Gasteiger partial charge in [-0.05, 0) is 71.9 Å². The molecular formula is C24H31N5O4. The lowest BCUT2D eigenvalue weighted by molar-refractivity contribution is -0.165. The lowest BCUT2D eigenvalue weighted by atomic mass is 9.70. The number of carbonyl (C=O) groups excluding carboxylic acids is 1. The zero-order valence-electron chi connectivity index (χ0n) is 19.7. The van der Waals surface area contributed by atoms with Crippen molar-refractivity contribution in [1.82, 2.24) is 24.5 Å². The third kappa shape index (κ3) is 3.88. The van der Waals surface area contributed by atoms with Crippen LogP contribution in [0.15, 0.2) is 29.1 Å². The summed E-state index contributed by atoms with van der Waals surface area (Å²) in [7, 11) is 0. The van der Waals surface area contributed by atoms with Crippen molar-refractivity contribution < 1.29 is 14.3 Å². The van der Waals surface area contributed by atoms with E-state index in [1.807, 2.05) is 56.4 Å². The SMILES string of the molecule is Cc1nnc2c(=O)n(CCC34CCC(NC(=O)OC(C)(C)C)(CC3)CO4)c3ccccc3n12. The minimum absolute atomic E-state index is 0.141. The van der Waals surface area contributed by atoms with Crippen molar-refractivity contribution in [3.05, 3.63) is 40.4 Å². The summed E-state index contributed by atoms with van der Waals surface area (Å²) >= 11 is 0. The first kappa shape index (κ1) is 21.9. The summed E-state index contributed by atoms with van der Waals surface area (Å²) in [6.45, 7) is 8.43. The number of hydrogen-bond acceptors (Lipinski definition) is 6. The number of para-hydroxylation sites is 2. The van der Waals surface area contributed by atoms with Crippen LogP contribution in [0.2, 0.25) is 0 Å². The Morgan fingerprint density at radius 1 is 1.15 bits per heavy atom. The molecule has 9 heteroatoms. The molecule has 3 aromatic rings. The summed E-state index contributed by atoms with van der Waals surface area (Å²) in [4.78, 5) is 25.6. The summed E-state index contributed by atoms with van der Waals surface area (Å²) < 4.78 is 15.4. The molecule has 1 saturated carbocycles. The molecule has 3 aliphatic rings. The Morgan fingerprint density at radius 2 is 1.85 bits per heavy atom. The zero-order valence-corrected chi connectivity index (χ0v) is 19.7. The molecule has 1 aliphatic carbocycles. The van der Waals surface area contributed by atoms with Gasteiger partial charge < -0.3 is 19.4 Å². The third-order valence-electron chi connectivity index (χ3n) is 7.00. The highest BCUT2D eigenvalue weighted by atomic mass is 16.6. The fourth-order valence-electron chi connectivity index (χ4n) is 5.21. The van der Waals surface area contributed by atoms with Gasteiger partial charge in [0.2, 0.25) is 5.65 Å². The van der Waals surface area contributed by atoms with Crippen molar-refractivity contribution in [3.63, 3.8) is 0 Å². The van der Waals surface area contributed by atoms with Gasteiger partial charge in [0.05, 0.1) is 28.8 Å². The van der Waals surface area contributed by atoms with E-state index in [-0.39, 0.29) is 16.7 Å². The van der Waals surface area contributed by atoms with E-state index < -0.39 is 11.7 Å². The van der Waals surface area contributed by atoms with E-state index in [4.69, 9.17) is 9.47 Å². The van der Waals surface area contributed by atoms with Gasteiger partial charge >= 0.3 is 6.09 Å². The quantitative estimate of drug-likeness (QED) is 0.650. The number of aromatic nitrogens is 4. The molecule has 2 bridgehead atoms. The fraction of sp³-hybridized carbons (Fsp3) is 0.583. The van der Waals surface area contributed by atoms with Crippen LogP contribution in [0.3, 0.4) is 0 Å². The number of hydrogen-bond donors (Lipinski definition) is 1. The molecule has 176 valence electrons. The van der Waals surface area contributed by atoms with Crippen LogP contribution in [0.4, 0.5) is 4.79 Å². The molecule has 0 unspecified atom stereocenters. The van der Waals surface area contributed by atoms with Crippen LogP contribution in [-0.4, -0.2) is 48.6 Å². The molecule has 2 aromatic heterocycles. The van der Waals surface area contributed by atoms with Crippen molar-refractivity contribution in [2.75, 3.05) is 6.61 Å². The Balaban J connectivity index is 1.34. The number of nitrogens with zero attached hydrogens (tertiary/aromatic N) is 4. The van der Waals surface area contributed by atoms with Crippen molar-refractivity contribution in [2.45, 2.75) is 83.1 Å². The monoisotopic (exact) mass is 453 g/mol. The number of fused-ring (bicyclic) bond motifs is 6. The summed E-state index contributed by atoms with van der Waals surface area (Å²) in [5, 5.41) is 11.3. The molecule has 0 spiro atoms. The van der Waals surface area contributed by atoms with Crippen LogP contribution in [-0.2, 0) is 16.0 Å². The van der Waals surface area contributed by atoms with Gasteiger partial charge in [0, 0.05) is 6.54 Å². The molecule has 1 amide bonds. The topological polar surface area (TPSA) is 99.8 Å². The highest BCUT2D eigenvalue weighted by Crippen LogP contribution is 2.45. The molecule has 2 aliphatic heterocycles. The molecule has 9 nitrogen and oxygen atoms in total.